The van der Waals surface area contributed by atoms with Crippen molar-refractivity contribution < 1.29 is 23.4 Å². The Kier molecular flexibility index (Phi) is 8.32. The number of hydrogen-bond donors (Lipinski definition) is 2. The van der Waals surface area contributed by atoms with Crippen molar-refractivity contribution >= 4 is 17.4 Å². The number of aliphatic hydroxyl groups is 1. The van der Waals surface area contributed by atoms with Crippen molar-refractivity contribution in [1.29, 1.82) is 0 Å². The highest BCUT2D eigenvalue weighted by molar-refractivity contribution is 6.05. The SMILES string of the molecule is CC(C)Oc1cc2nc(C3CCCCC3)cn2cc1C(=O)Nc1cccc(C(F)F)n1.CO. The highest BCUT2D eigenvalue weighted by atomic mass is 19.3. The van der Waals surface area contributed by atoms with Gasteiger partial charge in [0.15, 0.2) is 0 Å². The summed E-state index contributed by atoms with van der Waals surface area (Å²) in [6, 6.07) is 5.89. The van der Waals surface area contributed by atoms with Crippen LogP contribution in [0.5, 0.6) is 5.75 Å². The summed E-state index contributed by atoms with van der Waals surface area (Å²) < 4.78 is 33.6. The van der Waals surface area contributed by atoms with Crippen LogP contribution in [0.2, 0.25) is 0 Å². The number of anilines is 1. The topological polar surface area (TPSA) is 88.8 Å². The van der Waals surface area contributed by atoms with Crippen LogP contribution in [0.4, 0.5) is 14.6 Å². The molecule has 3 aromatic heterocycles. The molecule has 9 heteroatoms. The monoisotopic (exact) mass is 460 g/mol. The van der Waals surface area contributed by atoms with Crippen LogP contribution < -0.4 is 10.1 Å². The minimum absolute atomic E-state index is 0.0620. The molecule has 33 heavy (non-hydrogen) atoms. The molecule has 1 saturated carbocycles. The molecule has 0 aliphatic heterocycles. The van der Waals surface area contributed by atoms with Gasteiger partial charge < -0.3 is 19.6 Å². The summed E-state index contributed by atoms with van der Waals surface area (Å²) in [4.78, 5) is 21.6. The van der Waals surface area contributed by atoms with Gasteiger partial charge in [-0.15, -0.1) is 0 Å². The maximum Gasteiger partial charge on any atom is 0.280 e. The van der Waals surface area contributed by atoms with E-state index in [0.717, 1.165) is 25.6 Å². The number of nitrogens with zero attached hydrogens (tertiary/aromatic N) is 3. The van der Waals surface area contributed by atoms with E-state index in [1.165, 1.54) is 37.5 Å². The molecule has 1 aliphatic carbocycles. The fourth-order valence-electron chi connectivity index (χ4n) is 3.98. The standard InChI is InChI=1S/C23H26F2N4O2.CH4O/c1-14(2)31-19-11-21-27-18(15-7-4-3-5-8-15)13-29(21)12-16(19)23(30)28-20-10-6-9-17(26-20)22(24)25;1-2/h6,9-15,22H,3-5,7-8H2,1-2H3,(H,26,28,30);2H,1H3. The Balaban J connectivity index is 0.00000149. The van der Waals surface area contributed by atoms with Gasteiger partial charge in [0.05, 0.1) is 17.4 Å². The Morgan fingerprint density at radius 2 is 1.88 bits per heavy atom. The van der Waals surface area contributed by atoms with Gasteiger partial charge in [0.2, 0.25) is 0 Å². The van der Waals surface area contributed by atoms with Gasteiger partial charge in [-0.1, -0.05) is 25.3 Å². The highest BCUT2D eigenvalue weighted by Gasteiger charge is 2.21. The second kappa shape index (κ2) is 11.2. The molecule has 1 fully saturated rings. The lowest BCUT2D eigenvalue weighted by Crippen LogP contribution is -2.17. The van der Waals surface area contributed by atoms with Crippen LogP contribution >= 0.6 is 0 Å². The average Bonchev–Trinajstić information content (AvgIpc) is 3.23. The molecule has 178 valence electrons. The third kappa shape index (κ3) is 6.04. The van der Waals surface area contributed by atoms with Crippen molar-refractivity contribution in [3.63, 3.8) is 0 Å². The lowest BCUT2D eigenvalue weighted by molar-refractivity contribution is 0.101. The summed E-state index contributed by atoms with van der Waals surface area (Å²) in [6.45, 7) is 3.75. The predicted octanol–water partition coefficient (Wildman–Crippen LogP) is 5.36. The molecule has 1 amide bonds. The van der Waals surface area contributed by atoms with Crippen LogP contribution in [0.1, 0.15) is 80.0 Å². The number of halogens is 2. The zero-order valence-electron chi connectivity index (χ0n) is 19.1. The van der Waals surface area contributed by atoms with Gasteiger partial charge in [-0.25, -0.2) is 18.7 Å². The molecule has 3 aromatic rings. The van der Waals surface area contributed by atoms with Gasteiger partial charge in [0, 0.05) is 31.5 Å². The summed E-state index contributed by atoms with van der Waals surface area (Å²) in [7, 11) is 1.00. The normalized spacial score (nSPS) is 14.3. The molecule has 4 rings (SSSR count). The minimum atomic E-state index is -2.71. The van der Waals surface area contributed by atoms with E-state index in [0.29, 0.717) is 17.3 Å². The Morgan fingerprint density at radius 3 is 2.55 bits per heavy atom. The van der Waals surface area contributed by atoms with Crippen molar-refractivity contribution in [1.82, 2.24) is 14.4 Å². The first-order valence-corrected chi connectivity index (χ1v) is 11.1. The van der Waals surface area contributed by atoms with Crippen LogP contribution in [-0.4, -0.2) is 38.6 Å². The van der Waals surface area contributed by atoms with E-state index in [1.807, 2.05) is 24.4 Å². The zero-order chi connectivity index (χ0) is 24.0. The number of carbonyl (C=O) groups is 1. The number of aromatic nitrogens is 3. The molecule has 7 nitrogen and oxygen atoms in total. The largest absolute Gasteiger partial charge is 0.490 e. The van der Waals surface area contributed by atoms with Gasteiger partial charge in [-0.2, -0.15) is 0 Å². The van der Waals surface area contributed by atoms with E-state index >= 15 is 0 Å². The number of ether oxygens (including phenoxy) is 1. The minimum Gasteiger partial charge on any atom is -0.490 e. The van der Waals surface area contributed by atoms with E-state index in [-0.39, 0.29) is 17.5 Å². The fourth-order valence-corrected chi connectivity index (χ4v) is 3.98. The quantitative estimate of drug-likeness (QED) is 0.517. The highest BCUT2D eigenvalue weighted by Crippen LogP contribution is 2.33. The molecule has 0 unspecified atom stereocenters. The van der Waals surface area contributed by atoms with Crippen molar-refractivity contribution in [3.8, 4) is 5.75 Å². The van der Waals surface area contributed by atoms with Gasteiger partial charge in [-0.05, 0) is 38.8 Å². The third-order valence-corrected chi connectivity index (χ3v) is 5.44. The van der Waals surface area contributed by atoms with Crippen LogP contribution in [0.15, 0.2) is 36.7 Å². The van der Waals surface area contributed by atoms with E-state index in [4.69, 9.17) is 14.8 Å². The fraction of sp³-hybridized carbons (Fsp3) is 0.458. The first-order chi connectivity index (χ1) is 15.9. The number of carbonyl (C=O) groups excluding carboxylic acids is 1. The molecular weight excluding hydrogens is 430 g/mol. The van der Waals surface area contributed by atoms with Crippen molar-refractivity contribution in [2.75, 3.05) is 12.4 Å². The van der Waals surface area contributed by atoms with E-state index in [1.54, 1.807) is 12.3 Å². The number of nitrogens with one attached hydrogen (secondary N) is 1. The molecule has 0 bridgehead atoms. The van der Waals surface area contributed by atoms with Crippen LogP contribution in [0.25, 0.3) is 5.65 Å². The number of hydrogen-bond acceptors (Lipinski definition) is 5. The van der Waals surface area contributed by atoms with Crippen molar-refractivity contribution in [2.45, 2.75) is 64.4 Å². The molecule has 1 aliphatic rings. The van der Waals surface area contributed by atoms with E-state index in [2.05, 4.69) is 10.3 Å². The lowest BCUT2D eigenvalue weighted by Gasteiger charge is -2.19. The molecule has 0 radical (unpaired) electrons. The van der Waals surface area contributed by atoms with Crippen molar-refractivity contribution in [3.05, 3.63) is 53.6 Å². The molecule has 0 spiro atoms. The first-order valence-electron chi connectivity index (χ1n) is 11.1. The maximum absolute atomic E-state index is 13.0. The Bertz CT molecular complexity index is 1080. The first kappa shape index (κ1) is 24.6. The molecule has 0 saturated heterocycles. The number of rotatable bonds is 6. The van der Waals surface area contributed by atoms with Gasteiger partial charge in [0.25, 0.3) is 12.3 Å². The summed E-state index contributed by atoms with van der Waals surface area (Å²) >= 11 is 0. The summed E-state index contributed by atoms with van der Waals surface area (Å²) in [6.07, 6.45) is 6.71. The van der Waals surface area contributed by atoms with Crippen LogP contribution in [0.3, 0.4) is 0 Å². The summed E-state index contributed by atoms with van der Waals surface area (Å²) in [5, 5.41) is 9.60. The van der Waals surface area contributed by atoms with Crippen molar-refractivity contribution in [2.24, 2.45) is 0 Å². The Morgan fingerprint density at radius 1 is 1.15 bits per heavy atom. The number of alkyl halides is 2. The molecular formula is C24H30F2N4O3. The van der Waals surface area contributed by atoms with Gasteiger partial charge in [-0.3, -0.25) is 4.79 Å². The number of aliphatic hydroxyl groups excluding tert-OH is 1. The lowest BCUT2D eigenvalue weighted by atomic mass is 9.87. The maximum atomic E-state index is 13.0. The van der Waals surface area contributed by atoms with E-state index < -0.39 is 18.0 Å². The summed E-state index contributed by atoms with van der Waals surface area (Å²) in [5.74, 6) is 0.406. The van der Waals surface area contributed by atoms with Gasteiger partial charge >= 0.3 is 0 Å². The van der Waals surface area contributed by atoms with Gasteiger partial charge in [0.1, 0.15) is 22.9 Å². The zero-order valence-corrected chi connectivity index (χ0v) is 19.1. The second-order valence-corrected chi connectivity index (χ2v) is 8.19. The number of fused-ring (bicyclic) bond motifs is 1. The molecule has 0 atom stereocenters. The average molecular weight is 461 g/mol. The van der Waals surface area contributed by atoms with E-state index in [9.17, 15) is 13.6 Å². The van der Waals surface area contributed by atoms with Crippen LogP contribution in [-0.2, 0) is 0 Å². The Hall–Kier alpha value is -3.07. The third-order valence-electron chi connectivity index (χ3n) is 5.44. The Labute approximate surface area is 191 Å². The molecule has 2 N–H and O–H groups in total. The predicted molar refractivity (Wildman–Crippen MR) is 122 cm³/mol. The van der Waals surface area contributed by atoms with Crippen LogP contribution in [0, 0.1) is 0 Å². The molecule has 0 aromatic carbocycles. The number of pyridine rings is 2. The summed E-state index contributed by atoms with van der Waals surface area (Å²) in [5.41, 5.74) is 1.64. The smallest absolute Gasteiger partial charge is 0.280 e. The molecule has 3 heterocycles. The number of amides is 1. The number of imidazole rings is 1. The second-order valence-electron chi connectivity index (χ2n) is 8.19.